The van der Waals surface area contributed by atoms with Gasteiger partial charge >= 0.3 is 0 Å². The number of fused-ring (bicyclic) bond motifs is 1. The van der Waals surface area contributed by atoms with Gasteiger partial charge in [0.05, 0.1) is 11.4 Å². The third-order valence-electron chi connectivity index (χ3n) is 2.02. The fourth-order valence-electron chi connectivity index (χ4n) is 1.46. The van der Waals surface area contributed by atoms with E-state index in [1.165, 1.54) is 11.3 Å². The molecule has 0 aromatic carbocycles. The molecule has 0 radical (unpaired) electrons. The number of aromatic nitrogens is 2. The second-order valence-corrected chi connectivity index (χ2v) is 2.77. The van der Waals surface area contributed by atoms with Gasteiger partial charge in [0.1, 0.15) is 0 Å². The van der Waals surface area contributed by atoms with E-state index >= 15 is 0 Å². The molecule has 0 saturated carbocycles. The lowest BCUT2D eigenvalue weighted by Gasteiger charge is -1.94. The van der Waals surface area contributed by atoms with Crippen molar-refractivity contribution >= 4 is 0 Å². The van der Waals surface area contributed by atoms with Crippen LogP contribution in [0.3, 0.4) is 0 Å². The standard InChI is InChI=1S/C7H12N4/c8-2-1-6-5-3-9-4-7(5)11-10-6/h9H,1-4,8H2,(H,10,11). The Bertz CT molecular complexity index is 253. The van der Waals surface area contributed by atoms with Crippen molar-refractivity contribution in [2.45, 2.75) is 19.5 Å². The summed E-state index contributed by atoms with van der Waals surface area (Å²) in [6.07, 6.45) is 0.882. The van der Waals surface area contributed by atoms with Gasteiger partial charge in [-0.25, -0.2) is 0 Å². The van der Waals surface area contributed by atoms with E-state index in [4.69, 9.17) is 5.73 Å². The third-order valence-corrected chi connectivity index (χ3v) is 2.02. The Kier molecular flexibility index (Phi) is 1.63. The lowest BCUT2D eigenvalue weighted by Crippen LogP contribution is -2.07. The number of nitrogens with zero attached hydrogens (tertiary/aromatic N) is 1. The van der Waals surface area contributed by atoms with Crippen LogP contribution in [0.5, 0.6) is 0 Å². The minimum absolute atomic E-state index is 0.678. The second kappa shape index (κ2) is 2.64. The van der Waals surface area contributed by atoms with Gasteiger partial charge in [0.2, 0.25) is 0 Å². The normalized spacial score (nSPS) is 15.4. The van der Waals surface area contributed by atoms with Crippen LogP contribution in [0.1, 0.15) is 17.0 Å². The highest BCUT2D eigenvalue weighted by Crippen LogP contribution is 2.16. The van der Waals surface area contributed by atoms with Crippen molar-refractivity contribution in [2.24, 2.45) is 5.73 Å². The molecule has 2 rings (SSSR count). The van der Waals surface area contributed by atoms with Crippen molar-refractivity contribution in [2.75, 3.05) is 6.54 Å². The van der Waals surface area contributed by atoms with E-state index in [9.17, 15) is 0 Å². The molecule has 0 bridgehead atoms. The molecular weight excluding hydrogens is 140 g/mol. The Morgan fingerprint density at radius 2 is 2.36 bits per heavy atom. The van der Waals surface area contributed by atoms with Crippen LogP contribution < -0.4 is 11.1 Å². The summed E-state index contributed by atoms with van der Waals surface area (Å²) in [6.45, 7) is 2.55. The van der Waals surface area contributed by atoms with Gasteiger partial charge in [-0.1, -0.05) is 0 Å². The number of hydrogen-bond donors (Lipinski definition) is 3. The molecule has 0 amide bonds. The van der Waals surface area contributed by atoms with E-state index in [-0.39, 0.29) is 0 Å². The van der Waals surface area contributed by atoms with Gasteiger partial charge in [-0.2, -0.15) is 5.10 Å². The average Bonchev–Trinajstić information content (AvgIpc) is 2.53. The molecule has 1 aliphatic rings. The van der Waals surface area contributed by atoms with Crippen molar-refractivity contribution < 1.29 is 0 Å². The van der Waals surface area contributed by atoms with Crippen LogP contribution in [-0.4, -0.2) is 16.7 Å². The number of H-pyrrole nitrogens is 1. The van der Waals surface area contributed by atoms with Crippen molar-refractivity contribution in [3.8, 4) is 0 Å². The summed E-state index contributed by atoms with van der Waals surface area (Å²) in [5.74, 6) is 0. The molecule has 0 fully saturated rings. The molecule has 0 spiro atoms. The van der Waals surface area contributed by atoms with Crippen LogP contribution in [0.15, 0.2) is 0 Å². The predicted octanol–water partition coefficient (Wildman–Crippen LogP) is -0.486. The van der Waals surface area contributed by atoms with Crippen molar-refractivity contribution in [3.63, 3.8) is 0 Å². The number of hydrogen-bond acceptors (Lipinski definition) is 3. The van der Waals surface area contributed by atoms with Crippen molar-refractivity contribution in [1.82, 2.24) is 15.5 Å². The number of aromatic amines is 1. The zero-order valence-electron chi connectivity index (χ0n) is 6.35. The van der Waals surface area contributed by atoms with Crippen LogP contribution in [0.2, 0.25) is 0 Å². The fraction of sp³-hybridized carbons (Fsp3) is 0.571. The molecule has 0 atom stereocenters. The fourth-order valence-corrected chi connectivity index (χ4v) is 1.46. The molecule has 1 aromatic rings. The molecule has 4 heteroatoms. The van der Waals surface area contributed by atoms with E-state index in [0.29, 0.717) is 6.54 Å². The minimum Gasteiger partial charge on any atom is -0.330 e. The highest BCUT2D eigenvalue weighted by molar-refractivity contribution is 5.28. The summed E-state index contributed by atoms with van der Waals surface area (Å²) in [7, 11) is 0. The molecular formula is C7H12N4. The zero-order chi connectivity index (χ0) is 7.68. The summed E-state index contributed by atoms with van der Waals surface area (Å²) in [6, 6.07) is 0. The zero-order valence-corrected chi connectivity index (χ0v) is 6.35. The summed E-state index contributed by atoms with van der Waals surface area (Å²) in [4.78, 5) is 0. The molecule has 60 valence electrons. The van der Waals surface area contributed by atoms with Gasteiger partial charge in [0, 0.05) is 25.1 Å². The van der Waals surface area contributed by atoms with E-state index in [2.05, 4.69) is 15.5 Å². The molecule has 0 aliphatic carbocycles. The molecule has 1 aliphatic heterocycles. The summed E-state index contributed by atoms with van der Waals surface area (Å²) in [5, 5.41) is 10.4. The molecule has 0 saturated heterocycles. The van der Waals surface area contributed by atoms with E-state index in [1.807, 2.05) is 0 Å². The largest absolute Gasteiger partial charge is 0.330 e. The highest BCUT2D eigenvalue weighted by atomic mass is 15.2. The lowest BCUT2D eigenvalue weighted by atomic mass is 10.2. The van der Waals surface area contributed by atoms with Crippen LogP contribution in [0, 0.1) is 0 Å². The number of nitrogens with two attached hydrogens (primary N) is 1. The van der Waals surface area contributed by atoms with Gasteiger partial charge in [-0.15, -0.1) is 0 Å². The Hall–Kier alpha value is -0.870. The maximum atomic E-state index is 5.44. The Balaban J connectivity index is 2.27. The average molecular weight is 152 g/mol. The summed E-state index contributed by atoms with van der Waals surface area (Å²) >= 11 is 0. The van der Waals surface area contributed by atoms with Crippen molar-refractivity contribution in [3.05, 3.63) is 17.0 Å². The van der Waals surface area contributed by atoms with Crippen LogP contribution in [0.25, 0.3) is 0 Å². The summed E-state index contributed by atoms with van der Waals surface area (Å²) in [5.41, 5.74) is 9.13. The topological polar surface area (TPSA) is 66.7 Å². The molecule has 0 unspecified atom stereocenters. The smallest absolute Gasteiger partial charge is 0.0683 e. The second-order valence-electron chi connectivity index (χ2n) is 2.77. The SMILES string of the molecule is NCCc1n[nH]c2c1CNC2. The van der Waals surface area contributed by atoms with Crippen LogP contribution in [0.4, 0.5) is 0 Å². The monoisotopic (exact) mass is 152 g/mol. The summed E-state index contributed by atoms with van der Waals surface area (Å²) < 4.78 is 0. The molecule has 1 aromatic heterocycles. The first-order chi connectivity index (χ1) is 5.42. The molecule has 11 heavy (non-hydrogen) atoms. The highest BCUT2D eigenvalue weighted by Gasteiger charge is 2.16. The van der Waals surface area contributed by atoms with E-state index in [1.54, 1.807) is 0 Å². The Labute approximate surface area is 65.2 Å². The van der Waals surface area contributed by atoms with Crippen molar-refractivity contribution in [1.29, 1.82) is 0 Å². The van der Waals surface area contributed by atoms with Gasteiger partial charge < -0.3 is 11.1 Å². The third kappa shape index (κ3) is 1.04. The van der Waals surface area contributed by atoms with Gasteiger partial charge in [0.25, 0.3) is 0 Å². The Morgan fingerprint density at radius 3 is 3.18 bits per heavy atom. The van der Waals surface area contributed by atoms with Crippen LogP contribution in [-0.2, 0) is 19.5 Å². The van der Waals surface area contributed by atoms with Gasteiger partial charge in [-0.05, 0) is 6.54 Å². The predicted molar refractivity (Wildman–Crippen MR) is 41.9 cm³/mol. The maximum absolute atomic E-state index is 5.44. The molecule has 4 N–H and O–H groups in total. The first-order valence-electron chi connectivity index (χ1n) is 3.87. The number of rotatable bonds is 2. The van der Waals surface area contributed by atoms with Gasteiger partial charge in [0.15, 0.2) is 0 Å². The first-order valence-corrected chi connectivity index (χ1v) is 3.87. The first kappa shape index (κ1) is 6.82. The Morgan fingerprint density at radius 1 is 1.45 bits per heavy atom. The maximum Gasteiger partial charge on any atom is 0.0683 e. The molecule has 2 heterocycles. The quantitative estimate of drug-likeness (QED) is 0.536. The lowest BCUT2D eigenvalue weighted by molar-refractivity contribution is 0.729. The number of nitrogens with one attached hydrogen (secondary N) is 2. The van der Waals surface area contributed by atoms with Crippen LogP contribution >= 0.6 is 0 Å². The van der Waals surface area contributed by atoms with E-state index < -0.39 is 0 Å². The minimum atomic E-state index is 0.678. The molecule has 4 nitrogen and oxygen atoms in total. The van der Waals surface area contributed by atoms with E-state index in [0.717, 1.165) is 25.2 Å². The van der Waals surface area contributed by atoms with Gasteiger partial charge in [-0.3, -0.25) is 5.10 Å².